The molecule has 0 unspecified atom stereocenters. The molecule has 0 aromatic rings. The molecule has 0 fully saturated rings. The molecular weight excluding hydrogens is 86.0 g/mol. The lowest BCUT2D eigenvalue weighted by Crippen LogP contribution is -2.04. The maximum absolute atomic E-state index is 9.31. The third-order valence-electron chi connectivity index (χ3n) is 0.188. The van der Waals surface area contributed by atoms with E-state index in [1.807, 2.05) is 0 Å². The monoisotopic (exact) mass is 89.0 g/mol. The molecule has 0 aromatic heterocycles. The molecule has 0 aliphatic rings. The Morgan fingerprint density at radius 3 is 2.50 bits per heavy atom. The molecule has 0 amide bonds. The van der Waals surface area contributed by atoms with Gasteiger partial charge < -0.3 is 5.11 Å². The second-order valence-electron chi connectivity index (χ2n) is 0.667. The Kier molecular flexibility index (Phi) is 2.35. The fourth-order valence-electron chi connectivity index (χ4n) is 0.0552. The topological polar surface area (TPSA) is 68.8 Å². The Morgan fingerprint density at radius 1 is 2.00 bits per heavy atom. The van der Waals surface area contributed by atoms with Gasteiger partial charge in [-0.25, -0.2) is 4.79 Å². The van der Waals surface area contributed by atoms with Gasteiger partial charge in [0.15, 0.2) is 6.61 Å². The average molecular weight is 89.0 g/mol. The molecule has 0 aliphatic heterocycles. The van der Waals surface area contributed by atoms with Crippen LogP contribution in [0.2, 0.25) is 0 Å². The summed E-state index contributed by atoms with van der Waals surface area (Å²) < 4.78 is 0. The van der Waals surface area contributed by atoms with Crippen LogP contribution in [-0.2, 0) is 9.63 Å². The summed E-state index contributed by atoms with van der Waals surface area (Å²) in [7, 11) is 0. The zero-order valence-corrected chi connectivity index (χ0v) is 2.92. The zero-order chi connectivity index (χ0) is 4.99. The fourth-order valence-corrected chi connectivity index (χ4v) is 0.0552. The summed E-state index contributed by atoms with van der Waals surface area (Å²) in [6.45, 7) is -0.653. The highest BCUT2D eigenvalue weighted by atomic mass is 16.6. The van der Waals surface area contributed by atoms with Crippen molar-refractivity contribution in [3.05, 3.63) is 0 Å². The number of carboxylic acid groups (broad SMARTS) is 1. The number of hydrogen-bond acceptors (Lipinski definition) is 2. The molecule has 0 saturated heterocycles. The summed E-state index contributed by atoms with van der Waals surface area (Å²) in [6.07, 6.45) is 0. The Balaban J connectivity index is 2.83. The summed E-state index contributed by atoms with van der Waals surface area (Å²) >= 11 is 0. The molecule has 0 aliphatic carbocycles. The average Bonchev–Trinajstić information content (AvgIpc) is 1.35. The predicted molar refractivity (Wildman–Crippen MR) is 15.7 cm³/mol. The minimum absolute atomic E-state index is 0.653. The summed E-state index contributed by atoms with van der Waals surface area (Å²) in [5.41, 5.74) is 0. The molecule has 0 bridgehead atoms. The van der Waals surface area contributed by atoms with Crippen molar-refractivity contribution in [2.45, 2.75) is 0 Å². The summed E-state index contributed by atoms with van der Waals surface area (Å²) in [6, 6.07) is 0. The third kappa shape index (κ3) is 3.39. The van der Waals surface area contributed by atoms with Crippen LogP contribution in [0.4, 0.5) is 0 Å². The van der Waals surface area contributed by atoms with Crippen molar-refractivity contribution in [1.29, 1.82) is 0 Å². The molecule has 0 aromatic carbocycles. The van der Waals surface area contributed by atoms with E-state index in [4.69, 9.17) is 11.0 Å². The van der Waals surface area contributed by atoms with Crippen molar-refractivity contribution >= 4 is 5.97 Å². The van der Waals surface area contributed by atoms with Crippen molar-refractivity contribution < 1.29 is 14.7 Å². The molecule has 4 nitrogen and oxygen atoms in total. The van der Waals surface area contributed by atoms with Crippen LogP contribution in [0.5, 0.6) is 0 Å². The van der Waals surface area contributed by atoms with E-state index in [-0.39, 0.29) is 0 Å². The molecule has 6 heavy (non-hydrogen) atoms. The first kappa shape index (κ1) is 5.39. The number of nitrogens with zero attached hydrogens (tertiary/aromatic N) is 1. The summed E-state index contributed by atoms with van der Waals surface area (Å²) in [5, 5.41) is 7.63. The zero-order valence-electron chi connectivity index (χ0n) is 2.92. The van der Waals surface area contributed by atoms with E-state index in [1.165, 1.54) is 0 Å². The van der Waals surface area contributed by atoms with Crippen LogP contribution in [0.15, 0.2) is 0 Å². The first-order chi connectivity index (χ1) is 2.77. The fraction of sp³-hybridized carbons (Fsp3) is 0.500. The van der Waals surface area contributed by atoms with Gasteiger partial charge >= 0.3 is 5.97 Å². The first-order valence-electron chi connectivity index (χ1n) is 1.25. The molecule has 0 spiro atoms. The number of rotatable bonds is 2. The van der Waals surface area contributed by atoms with Gasteiger partial charge in [0.05, 0.1) is 0 Å². The Morgan fingerprint density at radius 2 is 2.50 bits per heavy atom. The van der Waals surface area contributed by atoms with Gasteiger partial charge in [-0.1, -0.05) is 0 Å². The lowest BCUT2D eigenvalue weighted by molar-refractivity contribution is -0.142. The van der Waals surface area contributed by atoms with E-state index in [0.29, 0.717) is 0 Å². The van der Waals surface area contributed by atoms with Crippen molar-refractivity contribution in [3.63, 3.8) is 0 Å². The Labute approximate surface area is 34.5 Å². The summed E-state index contributed by atoms with van der Waals surface area (Å²) in [5.74, 6) is 6.17. The summed E-state index contributed by atoms with van der Waals surface area (Å²) in [4.78, 5) is 12.5. The second kappa shape index (κ2) is 2.62. The van der Waals surface area contributed by atoms with Crippen molar-refractivity contribution in [2.75, 3.05) is 6.61 Å². The van der Waals surface area contributed by atoms with E-state index in [1.54, 1.807) is 0 Å². The maximum atomic E-state index is 9.31. The molecule has 0 rings (SSSR count). The molecule has 34 valence electrons. The molecule has 0 atom stereocenters. The minimum Gasteiger partial charge on any atom is -0.479 e. The van der Waals surface area contributed by atoms with Gasteiger partial charge in [0, 0.05) is 5.90 Å². The van der Waals surface area contributed by atoms with E-state index < -0.39 is 12.6 Å². The lowest BCUT2D eigenvalue weighted by atomic mass is 10.8. The van der Waals surface area contributed by atoms with Crippen LogP contribution >= 0.6 is 0 Å². The van der Waals surface area contributed by atoms with Crippen molar-refractivity contribution in [3.8, 4) is 0 Å². The number of carbonyl (C=O) groups is 1. The van der Waals surface area contributed by atoms with Gasteiger partial charge in [0.25, 0.3) is 0 Å². The highest BCUT2D eigenvalue weighted by Gasteiger charge is 1.90. The van der Waals surface area contributed by atoms with E-state index in [9.17, 15) is 4.79 Å². The van der Waals surface area contributed by atoms with Crippen molar-refractivity contribution in [2.24, 2.45) is 0 Å². The highest BCUT2D eigenvalue weighted by Crippen LogP contribution is 1.60. The van der Waals surface area contributed by atoms with Gasteiger partial charge in [0.2, 0.25) is 0 Å². The van der Waals surface area contributed by atoms with Gasteiger partial charge in [-0.05, 0) is 0 Å². The van der Waals surface area contributed by atoms with Crippen LogP contribution in [0, 0.1) is 0 Å². The van der Waals surface area contributed by atoms with Gasteiger partial charge in [-0.2, -0.15) is 0 Å². The Bertz CT molecular complexity index is 52.8. The highest BCUT2D eigenvalue weighted by molar-refractivity contribution is 5.67. The molecule has 2 radical (unpaired) electrons. The van der Waals surface area contributed by atoms with Crippen LogP contribution in [0.1, 0.15) is 0 Å². The largest absolute Gasteiger partial charge is 0.479 e. The van der Waals surface area contributed by atoms with Gasteiger partial charge in [-0.3, -0.25) is 4.84 Å². The second-order valence-corrected chi connectivity index (χ2v) is 0.667. The van der Waals surface area contributed by atoms with E-state index in [2.05, 4.69) is 4.84 Å². The minimum atomic E-state index is -1.18. The van der Waals surface area contributed by atoms with E-state index >= 15 is 0 Å². The maximum Gasteiger partial charge on any atom is 0.331 e. The van der Waals surface area contributed by atoms with Crippen molar-refractivity contribution in [1.82, 2.24) is 5.90 Å². The van der Waals surface area contributed by atoms with Gasteiger partial charge in [0.1, 0.15) is 0 Å². The molecule has 4 heteroatoms. The van der Waals surface area contributed by atoms with Crippen LogP contribution in [0.25, 0.3) is 0 Å². The molecule has 0 saturated carbocycles. The quantitative estimate of drug-likeness (QED) is 0.444. The third-order valence-corrected chi connectivity index (χ3v) is 0.188. The molecular formula is C2H3NO3. The first-order valence-corrected chi connectivity index (χ1v) is 1.25. The lowest BCUT2D eigenvalue weighted by Gasteiger charge is -1.79. The number of carboxylic acids is 1. The Hall–Kier alpha value is -0.610. The SMILES string of the molecule is [N]OCC(=O)O. The standard InChI is InChI=1S/C2H3NO3/c3-6-1-2(4)5/h1H2,(H,4,5). The normalized spacial score (nSPS) is 8.17. The smallest absolute Gasteiger partial charge is 0.331 e. The van der Waals surface area contributed by atoms with Gasteiger partial charge in [-0.15, -0.1) is 0 Å². The molecule has 0 heterocycles. The molecule has 1 N–H and O–H groups in total. The van der Waals surface area contributed by atoms with Crippen LogP contribution in [-0.4, -0.2) is 17.7 Å². The number of hydrogen-bond donors (Lipinski definition) is 1. The predicted octanol–water partition coefficient (Wildman–Crippen LogP) is -0.929. The van der Waals surface area contributed by atoms with E-state index in [0.717, 1.165) is 0 Å². The van der Waals surface area contributed by atoms with Crippen LogP contribution in [0.3, 0.4) is 0 Å². The van der Waals surface area contributed by atoms with Crippen LogP contribution < -0.4 is 5.90 Å². The number of aliphatic carboxylic acids is 1.